The van der Waals surface area contributed by atoms with Crippen molar-refractivity contribution in [1.82, 2.24) is 9.55 Å². The monoisotopic (exact) mass is 235 g/mol. The largest absolute Gasteiger partial charge is 0.364 e. The number of aryl methyl sites for hydroxylation is 1. The van der Waals surface area contributed by atoms with Crippen molar-refractivity contribution in [2.45, 2.75) is 58.4 Å². The van der Waals surface area contributed by atoms with E-state index in [9.17, 15) is 4.79 Å². The zero-order valence-corrected chi connectivity index (χ0v) is 10.7. The molecule has 0 aliphatic carbocycles. The van der Waals surface area contributed by atoms with Crippen molar-refractivity contribution in [3.8, 4) is 0 Å². The van der Waals surface area contributed by atoms with Crippen LogP contribution in [0.2, 0.25) is 0 Å². The van der Waals surface area contributed by atoms with Gasteiger partial charge in [0.1, 0.15) is 11.5 Å². The van der Waals surface area contributed by atoms with Crippen LogP contribution in [-0.2, 0) is 12.8 Å². The molecule has 2 rings (SSSR count). The molecule has 2 N–H and O–H groups in total. The Hall–Kier alpha value is -1.32. The number of carbonyl (C=O) groups excluding carboxylic acids is 1. The first-order chi connectivity index (χ1) is 8.19. The van der Waals surface area contributed by atoms with Crippen molar-refractivity contribution in [3.63, 3.8) is 0 Å². The van der Waals surface area contributed by atoms with Gasteiger partial charge in [-0.15, -0.1) is 0 Å². The van der Waals surface area contributed by atoms with Crippen LogP contribution in [0.4, 0.5) is 0 Å². The average Bonchev–Trinajstić information content (AvgIpc) is 2.69. The van der Waals surface area contributed by atoms with Gasteiger partial charge in [0.25, 0.3) is 5.91 Å². The third-order valence-corrected chi connectivity index (χ3v) is 3.58. The van der Waals surface area contributed by atoms with E-state index in [-0.39, 0.29) is 5.91 Å². The first kappa shape index (κ1) is 12.1. The SMILES string of the molecule is CCCc1nc(C(N)=O)c2n1C(CC)CCC2. The molecule has 2 heterocycles. The Morgan fingerprint density at radius 1 is 1.53 bits per heavy atom. The lowest BCUT2D eigenvalue weighted by Crippen LogP contribution is -2.21. The van der Waals surface area contributed by atoms with E-state index in [0.29, 0.717) is 11.7 Å². The maximum Gasteiger partial charge on any atom is 0.269 e. The van der Waals surface area contributed by atoms with Gasteiger partial charge in [-0.1, -0.05) is 13.8 Å². The topological polar surface area (TPSA) is 60.9 Å². The van der Waals surface area contributed by atoms with Gasteiger partial charge in [-0.25, -0.2) is 4.98 Å². The molecule has 1 aromatic rings. The van der Waals surface area contributed by atoms with Crippen molar-refractivity contribution >= 4 is 5.91 Å². The number of nitrogens with zero attached hydrogens (tertiary/aromatic N) is 2. The Balaban J connectivity index is 2.50. The van der Waals surface area contributed by atoms with Gasteiger partial charge < -0.3 is 10.3 Å². The molecule has 1 amide bonds. The summed E-state index contributed by atoms with van der Waals surface area (Å²) in [6, 6.07) is 0.501. The third kappa shape index (κ3) is 2.08. The van der Waals surface area contributed by atoms with Gasteiger partial charge in [0.15, 0.2) is 0 Å². The summed E-state index contributed by atoms with van der Waals surface area (Å²) in [5, 5.41) is 0. The molecule has 0 saturated heterocycles. The van der Waals surface area contributed by atoms with Crippen molar-refractivity contribution in [3.05, 3.63) is 17.2 Å². The highest BCUT2D eigenvalue weighted by Crippen LogP contribution is 2.31. The third-order valence-electron chi connectivity index (χ3n) is 3.58. The van der Waals surface area contributed by atoms with Gasteiger partial charge in [0.2, 0.25) is 0 Å². The molecule has 17 heavy (non-hydrogen) atoms. The molecule has 94 valence electrons. The zero-order valence-electron chi connectivity index (χ0n) is 10.7. The van der Waals surface area contributed by atoms with E-state index in [4.69, 9.17) is 5.73 Å². The number of hydrogen-bond acceptors (Lipinski definition) is 2. The normalized spacial score (nSPS) is 19.1. The lowest BCUT2D eigenvalue weighted by Gasteiger charge is -2.26. The molecule has 1 aliphatic rings. The van der Waals surface area contributed by atoms with Gasteiger partial charge in [0, 0.05) is 12.5 Å². The number of rotatable bonds is 4. The maximum absolute atomic E-state index is 11.4. The maximum atomic E-state index is 11.4. The Kier molecular flexibility index (Phi) is 3.50. The molecule has 0 saturated carbocycles. The molecule has 4 heteroatoms. The smallest absolute Gasteiger partial charge is 0.269 e. The predicted molar refractivity (Wildman–Crippen MR) is 67.0 cm³/mol. The summed E-state index contributed by atoms with van der Waals surface area (Å²) in [6.07, 6.45) is 6.33. The van der Waals surface area contributed by atoms with Crippen LogP contribution in [-0.4, -0.2) is 15.5 Å². The van der Waals surface area contributed by atoms with Crippen LogP contribution in [0.1, 0.15) is 67.6 Å². The molecule has 1 unspecified atom stereocenters. The van der Waals surface area contributed by atoms with Crippen molar-refractivity contribution < 1.29 is 4.79 Å². The second-order valence-corrected chi connectivity index (χ2v) is 4.76. The molecule has 0 bridgehead atoms. The van der Waals surface area contributed by atoms with Crippen molar-refractivity contribution in [1.29, 1.82) is 0 Å². The van der Waals surface area contributed by atoms with Crippen LogP contribution in [0.5, 0.6) is 0 Å². The highest BCUT2D eigenvalue weighted by atomic mass is 16.1. The van der Waals surface area contributed by atoms with Crippen molar-refractivity contribution in [2.75, 3.05) is 0 Å². The standard InChI is InChI=1S/C13H21N3O/c1-3-6-11-15-12(13(14)17)10-8-5-7-9(4-2)16(10)11/h9H,3-8H2,1-2H3,(H2,14,17). The molecule has 1 aliphatic heterocycles. The van der Waals surface area contributed by atoms with E-state index in [1.54, 1.807) is 0 Å². The summed E-state index contributed by atoms with van der Waals surface area (Å²) in [4.78, 5) is 15.9. The fourth-order valence-corrected chi connectivity index (χ4v) is 2.81. The van der Waals surface area contributed by atoms with Crippen LogP contribution in [0, 0.1) is 0 Å². The van der Waals surface area contributed by atoms with Crippen LogP contribution in [0.3, 0.4) is 0 Å². The van der Waals surface area contributed by atoms with E-state index in [1.165, 1.54) is 6.42 Å². The Bertz CT molecular complexity index is 423. The Labute approximate surface area is 102 Å². The van der Waals surface area contributed by atoms with E-state index < -0.39 is 0 Å². The van der Waals surface area contributed by atoms with Crippen molar-refractivity contribution in [2.24, 2.45) is 5.73 Å². The van der Waals surface area contributed by atoms with Gasteiger partial charge >= 0.3 is 0 Å². The summed E-state index contributed by atoms with van der Waals surface area (Å²) in [6.45, 7) is 4.33. The molecular formula is C13H21N3O. The number of amides is 1. The lowest BCUT2D eigenvalue weighted by molar-refractivity contribution is 0.0994. The number of fused-ring (bicyclic) bond motifs is 1. The molecular weight excluding hydrogens is 214 g/mol. The zero-order chi connectivity index (χ0) is 12.4. The van der Waals surface area contributed by atoms with Gasteiger partial charge in [-0.2, -0.15) is 0 Å². The molecule has 0 fully saturated rings. The summed E-state index contributed by atoms with van der Waals surface area (Å²) in [5.74, 6) is 0.663. The van der Waals surface area contributed by atoms with E-state index in [0.717, 1.165) is 43.6 Å². The van der Waals surface area contributed by atoms with Crippen LogP contribution in [0.15, 0.2) is 0 Å². The minimum absolute atomic E-state index is 0.382. The summed E-state index contributed by atoms with van der Waals surface area (Å²) in [5.41, 5.74) is 6.99. The fraction of sp³-hybridized carbons (Fsp3) is 0.692. The minimum atomic E-state index is -0.382. The van der Waals surface area contributed by atoms with Crippen LogP contribution in [0.25, 0.3) is 0 Å². The summed E-state index contributed by atoms with van der Waals surface area (Å²) < 4.78 is 2.28. The van der Waals surface area contributed by atoms with E-state index in [1.807, 2.05) is 0 Å². The minimum Gasteiger partial charge on any atom is -0.364 e. The predicted octanol–water partition coefficient (Wildman–Crippen LogP) is 2.22. The average molecular weight is 235 g/mol. The van der Waals surface area contributed by atoms with E-state index >= 15 is 0 Å². The highest BCUT2D eigenvalue weighted by Gasteiger charge is 2.27. The number of nitrogens with two attached hydrogens (primary N) is 1. The van der Waals surface area contributed by atoms with E-state index in [2.05, 4.69) is 23.4 Å². The number of carbonyl (C=O) groups is 1. The molecule has 0 aromatic carbocycles. The van der Waals surface area contributed by atoms with Gasteiger partial charge in [0.05, 0.1) is 5.69 Å². The van der Waals surface area contributed by atoms with Crippen LogP contribution >= 0.6 is 0 Å². The molecule has 0 radical (unpaired) electrons. The number of hydrogen-bond donors (Lipinski definition) is 1. The number of aromatic nitrogens is 2. The lowest BCUT2D eigenvalue weighted by atomic mass is 9.99. The second-order valence-electron chi connectivity index (χ2n) is 4.76. The number of primary amides is 1. The number of imidazole rings is 1. The van der Waals surface area contributed by atoms with Gasteiger partial charge in [-0.05, 0) is 32.1 Å². The molecule has 0 spiro atoms. The Morgan fingerprint density at radius 3 is 2.88 bits per heavy atom. The first-order valence-corrected chi connectivity index (χ1v) is 6.58. The first-order valence-electron chi connectivity index (χ1n) is 6.58. The Morgan fingerprint density at radius 2 is 2.29 bits per heavy atom. The fourth-order valence-electron chi connectivity index (χ4n) is 2.81. The quantitative estimate of drug-likeness (QED) is 0.869. The van der Waals surface area contributed by atoms with Gasteiger partial charge in [-0.3, -0.25) is 4.79 Å². The molecule has 4 nitrogen and oxygen atoms in total. The summed E-state index contributed by atoms with van der Waals surface area (Å²) >= 11 is 0. The second kappa shape index (κ2) is 4.90. The molecule has 1 aromatic heterocycles. The summed E-state index contributed by atoms with van der Waals surface area (Å²) in [7, 11) is 0. The molecule has 1 atom stereocenters. The van der Waals surface area contributed by atoms with Crippen LogP contribution < -0.4 is 5.73 Å². The highest BCUT2D eigenvalue weighted by molar-refractivity contribution is 5.92.